The minimum absolute atomic E-state index is 0. The van der Waals surface area contributed by atoms with Gasteiger partial charge in [0.15, 0.2) is 0 Å². The molecule has 3 aromatic heterocycles. The molecule has 5 heterocycles. The highest BCUT2D eigenvalue weighted by Gasteiger charge is 2.25. The van der Waals surface area contributed by atoms with E-state index in [1.165, 1.54) is 0 Å². The molecule has 0 atom stereocenters. The van der Waals surface area contributed by atoms with Gasteiger partial charge in [-0.2, -0.15) is 4.98 Å². The number of halogens is 1. The molecule has 1 saturated carbocycles. The predicted molar refractivity (Wildman–Crippen MR) is 170 cm³/mol. The number of hydrogen-bond donors (Lipinski definition) is 1. The van der Waals surface area contributed by atoms with Crippen molar-refractivity contribution in [2.75, 3.05) is 80.8 Å². The minimum Gasteiger partial charge on any atom is -0.474 e. The van der Waals surface area contributed by atoms with Crippen LogP contribution in [0.2, 0.25) is 0 Å². The molecule has 0 amide bonds. The molecule has 3 fully saturated rings. The van der Waals surface area contributed by atoms with E-state index in [0.29, 0.717) is 37.6 Å². The standard InChI is InChI=1S/C29H39FN8O2.C2H6.2H2/c1-21-16-25-26(31-18-21)17-27(38-12-14-39-15-13-38)35-28(25)40-24-4-2-22(3-5-24)34-29-32-19-23(20-33-29)37-10-8-36(7-6-30)9-11-37;1-2;;/h16-20,22,24H,2-15H2,1H3,(H,32,33,34);1-2H3;2*1H. The van der Waals surface area contributed by atoms with Crippen LogP contribution in [0.1, 0.15) is 47.9 Å². The van der Waals surface area contributed by atoms with E-state index in [4.69, 9.17) is 14.5 Å². The largest absolute Gasteiger partial charge is 0.474 e. The maximum atomic E-state index is 12.6. The summed E-state index contributed by atoms with van der Waals surface area (Å²) in [7, 11) is 0. The van der Waals surface area contributed by atoms with E-state index < -0.39 is 0 Å². The van der Waals surface area contributed by atoms with Gasteiger partial charge in [-0.3, -0.25) is 9.88 Å². The van der Waals surface area contributed by atoms with Crippen LogP contribution in [0.25, 0.3) is 10.9 Å². The summed E-state index contributed by atoms with van der Waals surface area (Å²) < 4.78 is 24.7. The van der Waals surface area contributed by atoms with Gasteiger partial charge >= 0.3 is 0 Å². The average molecular weight is 585 g/mol. The molecular formula is C31H49FN8O2. The van der Waals surface area contributed by atoms with Crippen LogP contribution in [0.5, 0.6) is 5.88 Å². The Bertz CT molecular complexity index is 1270. The first-order chi connectivity index (χ1) is 20.6. The maximum absolute atomic E-state index is 12.6. The molecule has 0 bridgehead atoms. The fourth-order valence-electron chi connectivity index (χ4n) is 5.80. The summed E-state index contributed by atoms with van der Waals surface area (Å²) in [6.45, 7) is 12.8. The first kappa shape index (κ1) is 30.2. The number of nitrogens with zero attached hydrogens (tertiary/aromatic N) is 7. The van der Waals surface area contributed by atoms with Crippen molar-refractivity contribution in [3.05, 3.63) is 36.3 Å². The van der Waals surface area contributed by atoms with Gasteiger partial charge in [-0.15, -0.1) is 0 Å². The number of anilines is 3. The van der Waals surface area contributed by atoms with Crippen molar-refractivity contribution in [1.82, 2.24) is 24.8 Å². The fraction of sp³-hybridized carbons (Fsp3) is 0.613. The zero-order chi connectivity index (χ0) is 29.3. The summed E-state index contributed by atoms with van der Waals surface area (Å²) in [5.74, 6) is 2.24. The van der Waals surface area contributed by atoms with Crippen LogP contribution in [0, 0.1) is 6.92 Å². The molecule has 2 saturated heterocycles. The van der Waals surface area contributed by atoms with E-state index in [1.807, 2.05) is 39.4 Å². The third-order valence-electron chi connectivity index (χ3n) is 8.16. The number of aryl methyl sites for hydroxylation is 1. The van der Waals surface area contributed by atoms with Gasteiger partial charge in [-0.1, -0.05) is 13.8 Å². The number of piperazine rings is 1. The van der Waals surface area contributed by atoms with Crippen molar-refractivity contribution in [3.8, 4) is 5.88 Å². The monoisotopic (exact) mass is 584 g/mol. The fourth-order valence-corrected chi connectivity index (χ4v) is 5.80. The van der Waals surface area contributed by atoms with Crippen molar-refractivity contribution >= 4 is 28.4 Å². The highest BCUT2D eigenvalue weighted by molar-refractivity contribution is 5.86. The molecule has 3 aliphatic rings. The Kier molecular flexibility index (Phi) is 10.6. The summed E-state index contributed by atoms with van der Waals surface area (Å²) in [5, 5.41) is 4.49. The Morgan fingerprint density at radius 1 is 0.929 bits per heavy atom. The van der Waals surface area contributed by atoms with Crippen LogP contribution in [0.15, 0.2) is 30.7 Å². The van der Waals surface area contributed by atoms with Crippen LogP contribution in [-0.2, 0) is 4.74 Å². The molecule has 6 rings (SSSR count). The molecule has 0 aromatic carbocycles. The lowest BCUT2D eigenvalue weighted by Crippen LogP contribution is -2.47. The Morgan fingerprint density at radius 3 is 2.33 bits per heavy atom. The number of aromatic nitrogens is 4. The summed E-state index contributed by atoms with van der Waals surface area (Å²) in [6.07, 6.45) is 9.61. The number of hydrogen-bond acceptors (Lipinski definition) is 10. The molecule has 0 unspecified atom stereocenters. The highest BCUT2D eigenvalue weighted by atomic mass is 19.1. The van der Waals surface area contributed by atoms with E-state index in [1.54, 1.807) is 0 Å². The molecule has 0 spiro atoms. The maximum Gasteiger partial charge on any atom is 0.225 e. The molecular weight excluding hydrogens is 535 g/mol. The number of morpholine rings is 1. The molecule has 1 N–H and O–H groups in total. The number of ether oxygens (including phenoxy) is 2. The Morgan fingerprint density at radius 2 is 1.64 bits per heavy atom. The third kappa shape index (κ3) is 7.55. The first-order valence-corrected chi connectivity index (χ1v) is 15.5. The van der Waals surface area contributed by atoms with Crippen LogP contribution in [0.4, 0.5) is 21.8 Å². The zero-order valence-electron chi connectivity index (χ0n) is 25.3. The van der Waals surface area contributed by atoms with Crippen LogP contribution in [-0.4, -0.2) is 103 Å². The molecule has 232 valence electrons. The highest BCUT2D eigenvalue weighted by Crippen LogP contribution is 2.32. The summed E-state index contributed by atoms with van der Waals surface area (Å²) in [4.78, 5) is 25.5. The third-order valence-corrected chi connectivity index (χ3v) is 8.16. The molecule has 42 heavy (non-hydrogen) atoms. The molecule has 11 heteroatoms. The minimum atomic E-state index is -0.287. The van der Waals surface area contributed by atoms with Crippen molar-refractivity contribution in [1.29, 1.82) is 0 Å². The van der Waals surface area contributed by atoms with Crippen LogP contribution in [0.3, 0.4) is 0 Å². The second-order valence-corrected chi connectivity index (χ2v) is 11.0. The van der Waals surface area contributed by atoms with Gasteiger partial charge in [-0.25, -0.2) is 14.4 Å². The summed E-state index contributed by atoms with van der Waals surface area (Å²) in [6, 6.07) is 4.49. The first-order valence-electron chi connectivity index (χ1n) is 15.5. The quantitative estimate of drug-likeness (QED) is 0.391. The lowest BCUT2D eigenvalue weighted by atomic mass is 9.93. The van der Waals surface area contributed by atoms with E-state index >= 15 is 0 Å². The van der Waals surface area contributed by atoms with E-state index in [9.17, 15) is 4.39 Å². The van der Waals surface area contributed by atoms with E-state index in [2.05, 4.69) is 47.1 Å². The predicted octanol–water partition coefficient (Wildman–Crippen LogP) is 4.98. The molecule has 1 aliphatic carbocycles. The van der Waals surface area contributed by atoms with Gasteiger partial charge in [0.25, 0.3) is 0 Å². The second kappa shape index (κ2) is 14.7. The molecule has 0 radical (unpaired) electrons. The number of nitrogens with one attached hydrogen (secondary N) is 1. The van der Waals surface area contributed by atoms with Crippen molar-refractivity contribution in [3.63, 3.8) is 0 Å². The molecule has 3 aromatic rings. The second-order valence-electron chi connectivity index (χ2n) is 11.0. The van der Waals surface area contributed by atoms with Crippen molar-refractivity contribution in [2.45, 2.75) is 58.6 Å². The van der Waals surface area contributed by atoms with Gasteiger partial charge in [0, 0.05) is 67.0 Å². The zero-order valence-corrected chi connectivity index (χ0v) is 25.3. The lowest BCUT2D eigenvalue weighted by Gasteiger charge is -2.35. The molecule has 2 aliphatic heterocycles. The van der Waals surface area contributed by atoms with Crippen molar-refractivity contribution < 1.29 is 16.7 Å². The normalized spacial score (nSPS) is 21.5. The number of rotatable bonds is 8. The average Bonchev–Trinajstić information content (AvgIpc) is 3.04. The van der Waals surface area contributed by atoms with Gasteiger partial charge in [0.1, 0.15) is 18.6 Å². The Balaban J connectivity index is 0.00000130. The topological polar surface area (TPSA) is 91.8 Å². The van der Waals surface area contributed by atoms with Gasteiger partial charge in [0.2, 0.25) is 11.8 Å². The molecule has 10 nitrogen and oxygen atoms in total. The number of pyridine rings is 2. The van der Waals surface area contributed by atoms with Gasteiger partial charge < -0.3 is 24.6 Å². The smallest absolute Gasteiger partial charge is 0.225 e. The summed E-state index contributed by atoms with van der Waals surface area (Å²) in [5.41, 5.74) is 3.03. The van der Waals surface area contributed by atoms with E-state index in [0.717, 1.165) is 92.9 Å². The SMILES string of the molecule is CC.Cc1cnc2cc(N3CCOCC3)nc(OC3CCC(Nc4ncc(N5CCN(CCF)CC5)cn4)CC3)c2c1.[HH].[HH]. The van der Waals surface area contributed by atoms with Crippen molar-refractivity contribution in [2.24, 2.45) is 0 Å². The Labute approximate surface area is 251 Å². The van der Waals surface area contributed by atoms with Crippen LogP contribution >= 0.6 is 0 Å². The lowest BCUT2D eigenvalue weighted by molar-refractivity contribution is 0.122. The number of fused-ring (bicyclic) bond motifs is 1. The van der Waals surface area contributed by atoms with E-state index in [-0.39, 0.29) is 15.6 Å². The van der Waals surface area contributed by atoms with Crippen LogP contribution < -0.4 is 19.9 Å². The number of alkyl halides is 1. The summed E-state index contributed by atoms with van der Waals surface area (Å²) >= 11 is 0. The van der Waals surface area contributed by atoms with Gasteiger partial charge in [-0.05, 0) is 44.2 Å². The van der Waals surface area contributed by atoms with Gasteiger partial charge in [0.05, 0.1) is 42.2 Å². The Hall–Kier alpha value is -3.31.